The standard InChI is InChI=1S/C13H18FNO2S/c1-4-17-12(16)13(2,15-3)9-18-11-8-6-5-7-10(11)14/h5-8,15H,4,9H2,1-3H3. The predicted molar refractivity (Wildman–Crippen MR) is 71.2 cm³/mol. The van der Waals surface area contributed by atoms with E-state index >= 15 is 0 Å². The van der Waals surface area contributed by atoms with Crippen molar-refractivity contribution in [2.75, 3.05) is 19.4 Å². The second-order valence-electron chi connectivity index (χ2n) is 4.02. The SMILES string of the molecule is CCOC(=O)C(C)(CSc1ccccc1F)NC. The van der Waals surface area contributed by atoms with E-state index in [-0.39, 0.29) is 11.8 Å². The summed E-state index contributed by atoms with van der Waals surface area (Å²) in [6.07, 6.45) is 0. The molecule has 0 amide bonds. The van der Waals surface area contributed by atoms with Crippen molar-refractivity contribution in [3.8, 4) is 0 Å². The number of benzene rings is 1. The monoisotopic (exact) mass is 271 g/mol. The molecule has 100 valence electrons. The van der Waals surface area contributed by atoms with Crippen LogP contribution in [-0.4, -0.2) is 30.9 Å². The summed E-state index contributed by atoms with van der Waals surface area (Å²) in [5.74, 6) is -0.190. The minimum atomic E-state index is -0.817. The molecule has 1 rings (SSSR count). The highest BCUT2D eigenvalue weighted by molar-refractivity contribution is 7.99. The molecule has 0 saturated heterocycles. The van der Waals surface area contributed by atoms with Gasteiger partial charge in [-0.05, 0) is 33.0 Å². The van der Waals surface area contributed by atoms with E-state index in [9.17, 15) is 9.18 Å². The first kappa shape index (κ1) is 15.0. The molecule has 3 nitrogen and oxygen atoms in total. The Hall–Kier alpha value is -1.07. The third-order valence-corrected chi connectivity index (χ3v) is 3.99. The molecule has 1 aromatic carbocycles. The molecule has 1 atom stereocenters. The first-order valence-electron chi connectivity index (χ1n) is 5.77. The fourth-order valence-corrected chi connectivity index (χ4v) is 2.39. The third-order valence-electron chi connectivity index (χ3n) is 2.63. The normalized spacial score (nSPS) is 14.0. The number of halogens is 1. The number of likely N-dealkylation sites (N-methyl/N-ethyl adjacent to an activating group) is 1. The Morgan fingerprint density at radius 3 is 2.72 bits per heavy atom. The van der Waals surface area contributed by atoms with Gasteiger partial charge in [0.2, 0.25) is 0 Å². The molecule has 0 aliphatic heterocycles. The summed E-state index contributed by atoms with van der Waals surface area (Å²) >= 11 is 1.29. The molecule has 0 fully saturated rings. The minimum absolute atomic E-state index is 0.273. The van der Waals surface area contributed by atoms with Gasteiger partial charge in [0.15, 0.2) is 0 Å². The van der Waals surface area contributed by atoms with Crippen molar-refractivity contribution >= 4 is 17.7 Å². The Kier molecular flexibility index (Phi) is 5.62. The fourth-order valence-electron chi connectivity index (χ4n) is 1.31. The van der Waals surface area contributed by atoms with E-state index in [2.05, 4.69) is 5.32 Å². The van der Waals surface area contributed by atoms with Crippen LogP contribution in [0.4, 0.5) is 4.39 Å². The number of hydrogen-bond acceptors (Lipinski definition) is 4. The largest absolute Gasteiger partial charge is 0.465 e. The van der Waals surface area contributed by atoms with Gasteiger partial charge in [0, 0.05) is 10.6 Å². The smallest absolute Gasteiger partial charge is 0.326 e. The lowest BCUT2D eigenvalue weighted by Crippen LogP contribution is -2.50. The van der Waals surface area contributed by atoms with Gasteiger partial charge < -0.3 is 10.1 Å². The number of carbonyl (C=O) groups is 1. The zero-order valence-electron chi connectivity index (χ0n) is 10.8. The highest BCUT2D eigenvalue weighted by Gasteiger charge is 2.33. The zero-order chi connectivity index (χ0) is 13.6. The molecule has 18 heavy (non-hydrogen) atoms. The van der Waals surface area contributed by atoms with Crippen LogP contribution in [0.2, 0.25) is 0 Å². The van der Waals surface area contributed by atoms with E-state index in [0.717, 1.165) is 0 Å². The highest BCUT2D eigenvalue weighted by atomic mass is 32.2. The van der Waals surface area contributed by atoms with Crippen LogP contribution in [0.5, 0.6) is 0 Å². The Morgan fingerprint density at radius 1 is 1.50 bits per heavy atom. The quantitative estimate of drug-likeness (QED) is 0.637. The third kappa shape index (κ3) is 3.71. The lowest BCUT2D eigenvalue weighted by Gasteiger charge is -2.26. The molecule has 1 N–H and O–H groups in total. The average Bonchev–Trinajstić information content (AvgIpc) is 2.37. The van der Waals surface area contributed by atoms with Crippen LogP contribution in [0.1, 0.15) is 13.8 Å². The van der Waals surface area contributed by atoms with Crippen LogP contribution < -0.4 is 5.32 Å². The highest BCUT2D eigenvalue weighted by Crippen LogP contribution is 2.25. The van der Waals surface area contributed by atoms with Crippen LogP contribution in [0.25, 0.3) is 0 Å². The summed E-state index contributed by atoms with van der Waals surface area (Å²) in [7, 11) is 1.69. The summed E-state index contributed by atoms with van der Waals surface area (Å²) in [5, 5.41) is 2.93. The van der Waals surface area contributed by atoms with Crippen LogP contribution in [0.3, 0.4) is 0 Å². The van der Waals surface area contributed by atoms with Crippen LogP contribution in [-0.2, 0) is 9.53 Å². The van der Waals surface area contributed by atoms with Gasteiger partial charge in [0.1, 0.15) is 11.4 Å². The summed E-state index contributed by atoms with van der Waals surface area (Å²) in [6.45, 7) is 3.84. The van der Waals surface area contributed by atoms with Crippen LogP contribution in [0, 0.1) is 5.82 Å². The van der Waals surface area contributed by atoms with Crippen molar-refractivity contribution < 1.29 is 13.9 Å². The second-order valence-corrected chi connectivity index (χ2v) is 5.04. The first-order chi connectivity index (χ1) is 8.53. The lowest BCUT2D eigenvalue weighted by molar-refractivity contribution is -0.149. The van der Waals surface area contributed by atoms with Gasteiger partial charge in [-0.25, -0.2) is 4.39 Å². The molecule has 0 spiro atoms. The van der Waals surface area contributed by atoms with Gasteiger partial charge in [-0.3, -0.25) is 4.79 Å². The van der Waals surface area contributed by atoms with Crippen molar-refractivity contribution in [3.05, 3.63) is 30.1 Å². The van der Waals surface area contributed by atoms with E-state index in [0.29, 0.717) is 17.3 Å². The number of hydrogen-bond donors (Lipinski definition) is 1. The zero-order valence-corrected chi connectivity index (χ0v) is 11.6. The van der Waals surface area contributed by atoms with Crippen LogP contribution in [0.15, 0.2) is 29.2 Å². The average molecular weight is 271 g/mol. The number of carbonyl (C=O) groups excluding carboxylic acids is 1. The Bertz CT molecular complexity index is 414. The Balaban J connectivity index is 2.70. The predicted octanol–water partition coefficient (Wildman–Crippen LogP) is 2.46. The van der Waals surface area contributed by atoms with Crippen molar-refractivity contribution in [2.24, 2.45) is 0 Å². The van der Waals surface area contributed by atoms with Gasteiger partial charge in [-0.15, -0.1) is 11.8 Å². The lowest BCUT2D eigenvalue weighted by atomic mass is 10.1. The fraction of sp³-hybridized carbons (Fsp3) is 0.462. The van der Waals surface area contributed by atoms with Crippen molar-refractivity contribution in [3.63, 3.8) is 0 Å². The molecular formula is C13H18FNO2S. The Morgan fingerprint density at radius 2 is 2.17 bits per heavy atom. The maximum Gasteiger partial charge on any atom is 0.326 e. The molecule has 0 aliphatic carbocycles. The number of rotatable bonds is 6. The molecule has 0 radical (unpaired) electrons. The number of esters is 1. The number of ether oxygens (including phenoxy) is 1. The molecule has 0 heterocycles. The molecule has 0 aliphatic rings. The van der Waals surface area contributed by atoms with Gasteiger partial charge >= 0.3 is 5.97 Å². The van der Waals surface area contributed by atoms with Crippen LogP contribution >= 0.6 is 11.8 Å². The second kappa shape index (κ2) is 6.75. The van der Waals surface area contributed by atoms with E-state index in [1.807, 2.05) is 0 Å². The van der Waals surface area contributed by atoms with Gasteiger partial charge in [-0.2, -0.15) is 0 Å². The van der Waals surface area contributed by atoms with E-state index in [4.69, 9.17) is 4.74 Å². The van der Waals surface area contributed by atoms with Crippen molar-refractivity contribution in [1.29, 1.82) is 0 Å². The van der Waals surface area contributed by atoms with E-state index < -0.39 is 5.54 Å². The minimum Gasteiger partial charge on any atom is -0.465 e. The molecule has 1 aromatic rings. The number of nitrogens with one attached hydrogen (secondary N) is 1. The molecule has 0 saturated carbocycles. The van der Waals surface area contributed by atoms with E-state index in [1.54, 1.807) is 39.1 Å². The summed E-state index contributed by atoms with van der Waals surface area (Å²) < 4.78 is 18.5. The summed E-state index contributed by atoms with van der Waals surface area (Å²) in [4.78, 5) is 12.3. The van der Waals surface area contributed by atoms with Gasteiger partial charge in [0.25, 0.3) is 0 Å². The molecule has 0 bridgehead atoms. The van der Waals surface area contributed by atoms with Gasteiger partial charge in [0.05, 0.1) is 6.61 Å². The van der Waals surface area contributed by atoms with Crippen molar-refractivity contribution in [1.82, 2.24) is 5.32 Å². The Labute approximate surface area is 111 Å². The molecular weight excluding hydrogens is 253 g/mol. The molecule has 5 heteroatoms. The molecule has 1 unspecified atom stereocenters. The van der Waals surface area contributed by atoms with E-state index in [1.165, 1.54) is 17.8 Å². The maximum absolute atomic E-state index is 13.5. The molecule has 0 aromatic heterocycles. The summed E-state index contributed by atoms with van der Waals surface area (Å²) in [5.41, 5.74) is -0.817. The number of thioether (sulfide) groups is 1. The topological polar surface area (TPSA) is 38.3 Å². The first-order valence-corrected chi connectivity index (χ1v) is 6.75. The maximum atomic E-state index is 13.5. The van der Waals surface area contributed by atoms with Gasteiger partial charge in [-0.1, -0.05) is 12.1 Å². The summed E-state index contributed by atoms with van der Waals surface area (Å²) in [6, 6.07) is 6.51. The van der Waals surface area contributed by atoms with Crippen molar-refractivity contribution in [2.45, 2.75) is 24.3 Å².